The minimum atomic E-state index is -0.444. The zero-order chi connectivity index (χ0) is 10.4. The summed E-state index contributed by atoms with van der Waals surface area (Å²) in [6.07, 6.45) is 0. The molecule has 0 aliphatic heterocycles. The van der Waals surface area contributed by atoms with E-state index >= 15 is 0 Å². The molecule has 0 aromatic heterocycles. The number of nitrogens with zero attached hydrogens (tertiary/aromatic N) is 1. The molecule has 0 aliphatic rings. The van der Waals surface area contributed by atoms with Crippen LogP contribution >= 0.6 is 0 Å². The van der Waals surface area contributed by atoms with Gasteiger partial charge in [-0.3, -0.25) is 0 Å². The fourth-order valence-electron chi connectivity index (χ4n) is 0.950. The van der Waals surface area contributed by atoms with E-state index in [1.807, 2.05) is 6.07 Å². The van der Waals surface area contributed by atoms with Gasteiger partial charge in [-0.25, -0.2) is 4.39 Å². The largest absolute Gasteiger partial charge is 0.490 e. The molecule has 0 heterocycles. The van der Waals surface area contributed by atoms with E-state index in [1.54, 1.807) is 7.11 Å². The first-order valence-electron chi connectivity index (χ1n) is 4.09. The zero-order valence-corrected chi connectivity index (χ0v) is 7.79. The van der Waals surface area contributed by atoms with Gasteiger partial charge in [0.2, 0.25) is 0 Å². The second-order valence-electron chi connectivity index (χ2n) is 2.59. The van der Waals surface area contributed by atoms with E-state index in [0.717, 1.165) is 6.07 Å². The zero-order valence-electron chi connectivity index (χ0n) is 7.79. The normalized spacial score (nSPS) is 9.50. The van der Waals surface area contributed by atoms with Gasteiger partial charge in [-0.05, 0) is 18.2 Å². The Morgan fingerprint density at radius 2 is 2.21 bits per heavy atom. The third kappa shape index (κ3) is 2.71. The molecule has 0 atom stereocenters. The van der Waals surface area contributed by atoms with Crippen molar-refractivity contribution in [2.24, 2.45) is 0 Å². The summed E-state index contributed by atoms with van der Waals surface area (Å²) in [6.45, 7) is 0.777. The Labute approximate surface area is 81.7 Å². The van der Waals surface area contributed by atoms with E-state index in [4.69, 9.17) is 14.7 Å². The number of nitriles is 1. The highest BCUT2D eigenvalue weighted by atomic mass is 19.1. The van der Waals surface area contributed by atoms with Gasteiger partial charge < -0.3 is 9.47 Å². The lowest BCUT2D eigenvalue weighted by atomic mass is 10.2. The second-order valence-corrected chi connectivity index (χ2v) is 2.59. The van der Waals surface area contributed by atoms with Gasteiger partial charge in [0, 0.05) is 7.11 Å². The minimum Gasteiger partial charge on any atom is -0.490 e. The molecular weight excluding hydrogens is 185 g/mol. The highest BCUT2D eigenvalue weighted by Gasteiger charge is 2.03. The van der Waals surface area contributed by atoms with Crippen molar-refractivity contribution < 1.29 is 13.9 Å². The molecule has 1 aromatic carbocycles. The number of halogens is 1. The van der Waals surface area contributed by atoms with Crippen LogP contribution in [0.1, 0.15) is 5.56 Å². The SMILES string of the molecule is COCCOc1ccc(F)cc1C#N. The van der Waals surface area contributed by atoms with E-state index in [0.29, 0.717) is 19.0 Å². The van der Waals surface area contributed by atoms with Crippen molar-refractivity contribution in [1.82, 2.24) is 0 Å². The van der Waals surface area contributed by atoms with Crippen molar-refractivity contribution in [1.29, 1.82) is 5.26 Å². The first-order chi connectivity index (χ1) is 6.77. The third-order valence-electron chi connectivity index (χ3n) is 1.61. The summed E-state index contributed by atoms with van der Waals surface area (Å²) in [4.78, 5) is 0. The highest BCUT2D eigenvalue weighted by Crippen LogP contribution is 2.18. The van der Waals surface area contributed by atoms with Crippen LogP contribution in [0.25, 0.3) is 0 Å². The van der Waals surface area contributed by atoms with E-state index in [9.17, 15) is 4.39 Å². The van der Waals surface area contributed by atoms with Crippen molar-refractivity contribution in [2.75, 3.05) is 20.3 Å². The molecule has 0 amide bonds. The summed E-state index contributed by atoms with van der Waals surface area (Å²) < 4.78 is 22.7. The molecule has 0 bridgehead atoms. The second kappa shape index (κ2) is 5.20. The molecule has 1 rings (SSSR count). The van der Waals surface area contributed by atoms with E-state index in [2.05, 4.69) is 0 Å². The minimum absolute atomic E-state index is 0.195. The van der Waals surface area contributed by atoms with E-state index in [-0.39, 0.29) is 5.56 Å². The van der Waals surface area contributed by atoms with Crippen molar-refractivity contribution in [2.45, 2.75) is 0 Å². The summed E-state index contributed by atoms with van der Waals surface area (Å²) in [7, 11) is 1.55. The molecule has 0 radical (unpaired) electrons. The molecule has 74 valence electrons. The lowest BCUT2D eigenvalue weighted by Gasteiger charge is -2.06. The number of hydrogen-bond acceptors (Lipinski definition) is 3. The van der Waals surface area contributed by atoms with E-state index in [1.165, 1.54) is 12.1 Å². The molecule has 3 nitrogen and oxygen atoms in total. The first kappa shape index (κ1) is 10.5. The molecule has 0 fully saturated rings. The number of rotatable bonds is 4. The Morgan fingerprint density at radius 1 is 1.43 bits per heavy atom. The van der Waals surface area contributed by atoms with Crippen LogP contribution in [0, 0.1) is 17.1 Å². The molecule has 1 aromatic rings. The van der Waals surface area contributed by atoms with Crippen LogP contribution in [0.4, 0.5) is 4.39 Å². The maximum Gasteiger partial charge on any atom is 0.137 e. The topological polar surface area (TPSA) is 42.2 Å². The van der Waals surface area contributed by atoms with Crippen LogP contribution < -0.4 is 4.74 Å². The van der Waals surface area contributed by atoms with Crippen LogP contribution in [0.5, 0.6) is 5.75 Å². The maximum absolute atomic E-state index is 12.7. The van der Waals surface area contributed by atoms with Gasteiger partial charge in [-0.15, -0.1) is 0 Å². The van der Waals surface area contributed by atoms with Crippen molar-refractivity contribution in [3.63, 3.8) is 0 Å². The number of methoxy groups -OCH3 is 1. The average molecular weight is 195 g/mol. The molecule has 0 saturated heterocycles. The molecule has 0 unspecified atom stereocenters. The smallest absolute Gasteiger partial charge is 0.137 e. The molecular formula is C10H10FNO2. The predicted molar refractivity (Wildman–Crippen MR) is 48.5 cm³/mol. The number of hydrogen-bond donors (Lipinski definition) is 0. The third-order valence-corrected chi connectivity index (χ3v) is 1.61. The Kier molecular flexibility index (Phi) is 3.89. The van der Waals surface area contributed by atoms with Crippen molar-refractivity contribution >= 4 is 0 Å². The Balaban J connectivity index is 2.72. The fourth-order valence-corrected chi connectivity index (χ4v) is 0.950. The summed E-state index contributed by atoms with van der Waals surface area (Å²) in [5.74, 6) is -0.0633. The van der Waals surface area contributed by atoms with Crippen molar-refractivity contribution in [3.8, 4) is 11.8 Å². The van der Waals surface area contributed by atoms with Gasteiger partial charge in [0.25, 0.3) is 0 Å². The van der Waals surface area contributed by atoms with Gasteiger partial charge >= 0.3 is 0 Å². The van der Waals surface area contributed by atoms with Gasteiger partial charge in [-0.2, -0.15) is 5.26 Å². The summed E-state index contributed by atoms with van der Waals surface area (Å²) in [5.41, 5.74) is 0.195. The van der Waals surface area contributed by atoms with Crippen LogP contribution in [0.3, 0.4) is 0 Å². The summed E-state index contributed by atoms with van der Waals surface area (Å²) in [6, 6.07) is 5.69. The Hall–Kier alpha value is -1.60. The maximum atomic E-state index is 12.7. The molecule has 14 heavy (non-hydrogen) atoms. The van der Waals surface area contributed by atoms with Gasteiger partial charge in [0.05, 0.1) is 12.2 Å². The quantitative estimate of drug-likeness (QED) is 0.687. The van der Waals surface area contributed by atoms with Crippen LogP contribution in [-0.2, 0) is 4.74 Å². The van der Waals surface area contributed by atoms with Gasteiger partial charge in [0.15, 0.2) is 0 Å². The highest BCUT2D eigenvalue weighted by molar-refractivity contribution is 5.42. The average Bonchev–Trinajstić information content (AvgIpc) is 2.20. The van der Waals surface area contributed by atoms with Gasteiger partial charge in [0.1, 0.15) is 24.2 Å². The summed E-state index contributed by atoms with van der Waals surface area (Å²) >= 11 is 0. The van der Waals surface area contributed by atoms with E-state index < -0.39 is 5.82 Å². The molecule has 0 aliphatic carbocycles. The molecule has 0 N–H and O–H groups in total. The Bertz CT molecular complexity index is 346. The molecule has 0 saturated carbocycles. The predicted octanol–water partition coefficient (Wildman–Crippen LogP) is 1.72. The Morgan fingerprint density at radius 3 is 2.86 bits per heavy atom. The summed E-state index contributed by atoms with van der Waals surface area (Å²) in [5, 5.41) is 8.67. The van der Waals surface area contributed by atoms with Crippen LogP contribution in [0.15, 0.2) is 18.2 Å². The van der Waals surface area contributed by atoms with Crippen LogP contribution in [0.2, 0.25) is 0 Å². The lowest BCUT2D eigenvalue weighted by Crippen LogP contribution is -2.05. The number of ether oxygens (including phenoxy) is 2. The first-order valence-corrected chi connectivity index (χ1v) is 4.09. The van der Waals surface area contributed by atoms with Crippen LogP contribution in [-0.4, -0.2) is 20.3 Å². The molecule has 0 spiro atoms. The lowest BCUT2D eigenvalue weighted by molar-refractivity contribution is 0.146. The monoisotopic (exact) mass is 195 g/mol. The van der Waals surface area contributed by atoms with Crippen molar-refractivity contribution in [3.05, 3.63) is 29.6 Å². The number of benzene rings is 1. The standard InChI is InChI=1S/C10H10FNO2/c1-13-4-5-14-10-3-2-9(11)6-8(10)7-12/h2-3,6H,4-5H2,1H3. The fraction of sp³-hybridized carbons (Fsp3) is 0.300. The molecule has 4 heteroatoms. The van der Waals surface area contributed by atoms with Gasteiger partial charge in [-0.1, -0.05) is 0 Å².